The Hall–Kier alpha value is -2.33. The molecule has 3 aromatic rings. The zero-order valence-electron chi connectivity index (χ0n) is 14.9. The third-order valence-corrected chi connectivity index (χ3v) is 4.83. The summed E-state index contributed by atoms with van der Waals surface area (Å²) in [4.78, 5) is 12.4. The van der Waals surface area contributed by atoms with E-state index >= 15 is 0 Å². The summed E-state index contributed by atoms with van der Waals surface area (Å²) >= 11 is 12.1. The number of hydrogen-bond donors (Lipinski definition) is 2. The molecule has 1 amide bonds. The first-order valence-corrected chi connectivity index (χ1v) is 9.42. The monoisotopic (exact) mass is 398 g/mol. The molecule has 0 aromatic heterocycles. The van der Waals surface area contributed by atoms with E-state index in [1.54, 1.807) is 24.3 Å². The molecule has 0 fully saturated rings. The van der Waals surface area contributed by atoms with Crippen LogP contribution in [0.5, 0.6) is 0 Å². The normalized spacial score (nSPS) is 11.8. The Bertz CT molecular complexity index is 943. The topological polar surface area (TPSA) is 41.1 Å². The predicted molar refractivity (Wildman–Crippen MR) is 113 cm³/mol. The van der Waals surface area contributed by atoms with E-state index in [4.69, 9.17) is 23.2 Å². The Morgan fingerprint density at radius 3 is 2.52 bits per heavy atom. The molecular weight excluding hydrogens is 379 g/mol. The van der Waals surface area contributed by atoms with Crippen molar-refractivity contribution in [2.75, 3.05) is 5.32 Å². The van der Waals surface area contributed by atoms with E-state index in [1.807, 2.05) is 48.5 Å². The average Bonchev–Trinajstić information content (AvgIpc) is 2.66. The molecule has 5 heteroatoms. The summed E-state index contributed by atoms with van der Waals surface area (Å²) in [6.07, 6.45) is 0. The predicted octanol–water partition coefficient (Wildman–Crippen LogP) is 6.10. The molecule has 0 saturated heterocycles. The molecule has 0 unspecified atom stereocenters. The third kappa shape index (κ3) is 5.33. The van der Waals surface area contributed by atoms with Gasteiger partial charge in [-0.1, -0.05) is 59.6 Å². The van der Waals surface area contributed by atoms with Crippen LogP contribution in [-0.2, 0) is 6.54 Å². The summed E-state index contributed by atoms with van der Waals surface area (Å²) in [7, 11) is 0. The molecular formula is C22H20Cl2N2O. The first-order chi connectivity index (χ1) is 13.0. The quantitative estimate of drug-likeness (QED) is 0.526. The number of nitrogens with one attached hydrogen (secondary N) is 2. The number of anilines is 1. The van der Waals surface area contributed by atoms with Gasteiger partial charge in [0.1, 0.15) is 0 Å². The number of amides is 1. The minimum absolute atomic E-state index is 0.157. The first kappa shape index (κ1) is 19.4. The second kappa shape index (κ2) is 9.05. The minimum Gasteiger partial charge on any atom is -0.322 e. The van der Waals surface area contributed by atoms with E-state index in [2.05, 4.69) is 17.6 Å². The molecule has 3 nitrogen and oxygen atoms in total. The molecule has 0 aliphatic heterocycles. The van der Waals surface area contributed by atoms with Gasteiger partial charge in [-0.3, -0.25) is 4.79 Å². The average molecular weight is 399 g/mol. The Morgan fingerprint density at radius 1 is 0.963 bits per heavy atom. The van der Waals surface area contributed by atoms with Crippen molar-refractivity contribution in [3.63, 3.8) is 0 Å². The van der Waals surface area contributed by atoms with Gasteiger partial charge >= 0.3 is 0 Å². The smallest absolute Gasteiger partial charge is 0.257 e. The summed E-state index contributed by atoms with van der Waals surface area (Å²) in [6.45, 7) is 2.76. The minimum atomic E-state index is -0.224. The maximum Gasteiger partial charge on any atom is 0.257 e. The van der Waals surface area contributed by atoms with Crippen LogP contribution < -0.4 is 10.6 Å². The summed E-state index contributed by atoms with van der Waals surface area (Å²) in [5.74, 6) is -0.224. The second-order valence-electron chi connectivity index (χ2n) is 6.29. The lowest BCUT2D eigenvalue weighted by molar-refractivity contribution is 0.102. The highest BCUT2D eigenvalue weighted by molar-refractivity contribution is 6.34. The van der Waals surface area contributed by atoms with Crippen LogP contribution in [-0.4, -0.2) is 5.91 Å². The second-order valence-corrected chi connectivity index (χ2v) is 7.14. The fourth-order valence-electron chi connectivity index (χ4n) is 2.77. The van der Waals surface area contributed by atoms with Crippen molar-refractivity contribution < 1.29 is 4.79 Å². The highest BCUT2D eigenvalue weighted by atomic mass is 35.5. The fraction of sp³-hybridized carbons (Fsp3) is 0.136. The van der Waals surface area contributed by atoms with E-state index in [1.165, 1.54) is 0 Å². The van der Waals surface area contributed by atoms with Crippen LogP contribution in [0, 0.1) is 0 Å². The lowest BCUT2D eigenvalue weighted by Crippen LogP contribution is -2.18. The number of carbonyl (C=O) groups is 1. The molecule has 27 heavy (non-hydrogen) atoms. The largest absolute Gasteiger partial charge is 0.322 e. The van der Waals surface area contributed by atoms with Gasteiger partial charge in [0.05, 0.1) is 10.6 Å². The summed E-state index contributed by atoms with van der Waals surface area (Å²) in [5.41, 5.74) is 3.39. The highest BCUT2D eigenvalue weighted by Gasteiger charge is 2.10. The summed E-state index contributed by atoms with van der Waals surface area (Å²) in [6, 6.07) is 22.7. The maximum absolute atomic E-state index is 12.4. The molecule has 0 saturated carbocycles. The van der Waals surface area contributed by atoms with E-state index in [-0.39, 0.29) is 11.9 Å². The summed E-state index contributed by atoms with van der Waals surface area (Å²) in [5, 5.41) is 7.53. The van der Waals surface area contributed by atoms with Crippen molar-refractivity contribution in [1.82, 2.24) is 5.32 Å². The molecule has 0 aliphatic carbocycles. The Balaban J connectivity index is 1.63. The van der Waals surface area contributed by atoms with Gasteiger partial charge in [-0.05, 0) is 54.4 Å². The van der Waals surface area contributed by atoms with Crippen molar-refractivity contribution in [1.29, 1.82) is 0 Å². The number of carbonyl (C=O) groups excluding carboxylic acids is 1. The van der Waals surface area contributed by atoms with Gasteiger partial charge in [0.25, 0.3) is 5.91 Å². The van der Waals surface area contributed by atoms with Crippen molar-refractivity contribution in [3.8, 4) is 0 Å². The van der Waals surface area contributed by atoms with Crippen LogP contribution in [0.3, 0.4) is 0 Å². The van der Waals surface area contributed by atoms with E-state index in [0.717, 1.165) is 21.8 Å². The third-order valence-electron chi connectivity index (χ3n) is 4.26. The molecule has 0 bridgehead atoms. The van der Waals surface area contributed by atoms with Gasteiger partial charge in [-0.25, -0.2) is 0 Å². The van der Waals surface area contributed by atoms with Gasteiger partial charge in [0.2, 0.25) is 0 Å². The van der Waals surface area contributed by atoms with Crippen LogP contribution in [0.1, 0.15) is 34.5 Å². The van der Waals surface area contributed by atoms with Crippen molar-refractivity contribution >= 4 is 34.8 Å². The Morgan fingerprint density at radius 2 is 1.74 bits per heavy atom. The van der Waals surface area contributed by atoms with E-state index < -0.39 is 0 Å². The maximum atomic E-state index is 12.4. The molecule has 0 radical (unpaired) electrons. The number of hydrogen-bond acceptors (Lipinski definition) is 2. The molecule has 0 heterocycles. The Kier molecular flexibility index (Phi) is 6.51. The molecule has 3 rings (SSSR count). The van der Waals surface area contributed by atoms with Crippen LogP contribution in [0.4, 0.5) is 5.69 Å². The zero-order valence-corrected chi connectivity index (χ0v) is 16.4. The highest BCUT2D eigenvalue weighted by Crippen LogP contribution is 2.20. The van der Waals surface area contributed by atoms with Crippen LogP contribution in [0.15, 0.2) is 72.8 Å². The van der Waals surface area contributed by atoms with E-state index in [0.29, 0.717) is 17.1 Å². The molecule has 0 spiro atoms. The Labute approximate surface area is 169 Å². The lowest BCUT2D eigenvalue weighted by Gasteiger charge is -2.15. The number of rotatable bonds is 6. The van der Waals surface area contributed by atoms with Crippen molar-refractivity contribution in [2.24, 2.45) is 0 Å². The zero-order chi connectivity index (χ0) is 19.2. The molecule has 1 atom stereocenters. The van der Waals surface area contributed by atoms with Gasteiger partial charge in [-0.15, -0.1) is 0 Å². The van der Waals surface area contributed by atoms with Gasteiger partial charge in [-0.2, -0.15) is 0 Å². The lowest BCUT2D eigenvalue weighted by atomic mass is 10.1. The van der Waals surface area contributed by atoms with Gasteiger partial charge in [0, 0.05) is 23.3 Å². The SMILES string of the molecule is C[C@@H](NCc1cccc(NC(=O)c2ccccc2Cl)c1)c1cccc(Cl)c1. The standard InChI is InChI=1S/C22H20Cl2N2O/c1-15(17-7-5-8-18(23)13-17)25-14-16-6-4-9-19(12-16)26-22(27)20-10-2-3-11-21(20)24/h2-13,15,25H,14H2,1H3,(H,26,27)/t15-/m1/s1. The molecule has 2 N–H and O–H groups in total. The molecule has 138 valence electrons. The van der Waals surface area contributed by atoms with Crippen molar-refractivity contribution in [2.45, 2.75) is 19.5 Å². The molecule has 3 aromatic carbocycles. The van der Waals surface area contributed by atoms with Gasteiger partial charge in [0.15, 0.2) is 0 Å². The van der Waals surface area contributed by atoms with Gasteiger partial charge < -0.3 is 10.6 Å². The molecule has 0 aliphatic rings. The van der Waals surface area contributed by atoms with Crippen LogP contribution in [0.2, 0.25) is 10.0 Å². The van der Waals surface area contributed by atoms with Crippen molar-refractivity contribution in [3.05, 3.63) is 99.5 Å². The number of benzene rings is 3. The van der Waals surface area contributed by atoms with Crippen LogP contribution >= 0.6 is 23.2 Å². The van der Waals surface area contributed by atoms with E-state index in [9.17, 15) is 4.79 Å². The summed E-state index contributed by atoms with van der Waals surface area (Å²) < 4.78 is 0. The van der Waals surface area contributed by atoms with Crippen LogP contribution in [0.25, 0.3) is 0 Å². The first-order valence-electron chi connectivity index (χ1n) is 8.66. The fourth-order valence-corrected chi connectivity index (χ4v) is 3.19. The number of halogens is 2.